The number of hydrogen-bond donors (Lipinski definition) is 1. The molecule has 1 N–H and O–H groups in total. The van der Waals surface area contributed by atoms with Crippen LogP contribution in [-0.4, -0.2) is 34.3 Å². The Kier molecular flexibility index (Phi) is 9.92. The molecule has 1 aliphatic heterocycles. The molecule has 6 heteroatoms. The Hall–Kier alpha value is -2.21. The van der Waals surface area contributed by atoms with Gasteiger partial charge in [0, 0.05) is 36.5 Å². The van der Waals surface area contributed by atoms with Crippen LogP contribution in [0.25, 0.3) is 0 Å². The van der Waals surface area contributed by atoms with Crippen molar-refractivity contribution in [1.29, 1.82) is 0 Å². The van der Waals surface area contributed by atoms with Crippen molar-refractivity contribution in [2.75, 3.05) is 6.54 Å². The molecule has 2 amide bonds. The zero-order valence-corrected chi connectivity index (χ0v) is 21.2. The van der Waals surface area contributed by atoms with Crippen molar-refractivity contribution in [3.8, 4) is 0 Å². The van der Waals surface area contributed by atoms with Crippen molar-refractivity contribution in [3.63, 3.8) is 0 Å². The lowest BCUT2D eigenvalue weighted by Crippen LogP contribution is -2.40. The fourth-order valence-corrected chi connectivity index (χ4v) is 5.33. The van der Waals surface area contributed by atoms with Crippen LogP contribution >= 0.6 is 11.3 Å². The lowest BCUT2D eigenvalue weighted by atomic mass is 9.97. The molecule has 33 heavy (non-hydrogen) atoms. The van der Waals surface area contributed by atoms with E-state index in [0.717, 1.165) is 50.1 Å². The quantitative estimate of drug-likeness (QED) is 0.429. The first-order valence-corrected chi connectivity index (χ1v) is 13.4. The Balaban J connectivity index is 1.55. The number of carbonyl (C=O) groups excluding carboxylic acids is 2. The van der Waals surface area contributed by atoms with Crippen LogP contribution in [0.15, 0.2) is 41.9 Å². The third kappa shape index (κ3) is 7.66. The number of nitrogens with one attached hydrogen (secondary N) is 1. The second-order valence-corrected chi connectivity index (χ2v) is 10.5. The number of likely N-dealkylation sites (tertiary alicyclic amines) is 1. The van der Waals surface area contributed by atoms with Gasteiger partial charge in [0.25, 0.3) is 0 Å². The summed E-state index contributed by atoms with van der Waals surface area (Å²) < 4.78 is 0. The zero-order chi connectivity index (χ0) is 23.6. The van der Waals surface area contributed by atoms with Gasteiger partial charge in [-0.1, -0.05) is 63.9 Å². The summed E-state index contributed by atoms with van der Waals surface area (Å²) in [4.78, 5) is 32.5. The van der Waals surface area contributed by atoms with E-state index >= 15 is 0 Å². The summed E-state index contributed by atoms with van der Waals surface area (Å²) in [5.41, 5.74) is 1.18. The molecule has 1 aliphatic rings. The van der Waals surface area contributed by atoms with Crippen LogP contribution in [0.4, 0.5) is 0 Å². The summed E-state index contributed by atoms with van der Waals surface area (Å²) in [6, 6.07) is 10.2. The van der Waals surface area contributed by atoms with Crippen molar-refractivity contribution in [3.05, 3.63) is 52.5 Å². The van der Waals surface area contributed by atoms with E-state index in [2.05, 4.69) is 36.3 Å². The molecule has 1 aromatic heterocycles. The number of hydrogen-bond acceptors (Lipinski definition) is 4. The van der Waals surface area contributed by atoms with Gasteiger partial charge < -0.3 is 10.2 Å². The lowest BCUT2D eigenvalue weighted by Gasteiger charge is -2.28. The first-order chi connectivity index (χ1) is 16.0. The molecular weight excluding hydrogens is 430 g/mol. The summed E-state index contributed by atoms with van der Waals surface area (Å²) >= 11 is 1.57. The smallest absolute Gasteiger partial charge is 0.223 e. The molecular formula is C27H39N3O2S. The van der Waals surface area contributed by atoms with E-state index in [1.807, 2.05) is 35.4 Å². The van der Waals surface area contributed by atoms with Gasteiger partial charge in [-0.3, -0.25) is 9.59 Å². The number of nitrogens with zero attached hydrogens (tertiary/aromatic N) is 2. The fourth-order valence-electron chi connectivity index (χ4n) is 4.64. The molecule has 5 nitrogen and oxygen atoms in total. The van der Waals surface area contributed by atoms with Gasteiger partial charge in [-0.2, -0.15) is 0 Å². The highest BCUT2D eigenvalue weighted by Crippen LogP contribution is 2.27. The van der Waals surface area contributed by atoms with Gasteiger partial charge in [0.2, 0.25) is 11.8 Å². The molecule has 0 aliphatic carbocycles. The first-order valence-electron chi connectivity index (χ1n) is 12.5. The standard InChI is InChI=1S/C27H39N3O2S/c1-4-20(2)10-8-14-25(31)30-16-9-13-23(30)18-21(3)26(32)29-24(27-28-15-17-33-27)19-22-11-6-5-7-12-22/h5-7,11-12,15,17,20-21,23-24H,4,8-10,13-14,16,18-19H2,1-3H3,(H,29,32). The number of aromatic nitrogens is 1. The Morgan fingerprint density at radius 1 is 1.24 bits per heavy atom. The SMILES string of the molecule is CCC(C)CCCC(=O)N1CCCC1CC(C)C(=O)NC(Cc1ccccc1)c1nccs1. The van der Waals surface area contributed by atoms with E-state index in [0.29, 0.717) is 12.3 Å². The Labute approximate surface area is 203 Å². The molecule has 0 radical (unpaired) electrons. The van der Waals surface area contributed by atoms with Crippen LogP contribution in [0.2, 0.25) is 0 Å². The monoisotopic (exact) mass is 469 g/mol. The molecule has 3 rings (SSSR count). The van der Waals surface area contributed by atoms with E-state index in [1.165, 1.54) is 12.0 Å². The van der Waals surface area contributed by atoms with E-state index in [4.69, 9.17) is 0 Å². The maximum absolute atomic E-state index is 13.1. The summed E-state index contributed by atoms with van der Waals surface area (Å²) in [5.74, 6) is 0.833. The van der Waals surface area contributed by atoms with E-state index in [1.54, 1.807) is 17.5 Å². The van der Waals surface area contributed by atoms with Gasteiger partial charge >= 0.3 is 0 Å². The van der Waals surface area contributed by atoms with E-state index in [-0.39, 0.29) is 29.8 Å². The average Bonchev–Trinajstić information content (AvgIpc) is 3.51. The topological polar surface area (TPSA) is 62.3 Å². The number of thiazole rings is 1. The van der Waals surface area contributed by atoms with Crippen LogP contribution in [0, 0.1) is 11.8 Å². The van der Waals surface area contributed by atoms with Crippen LogP contribution in [0.1, 0.15) is 82.3 Å². The van der Waals surface area contributed by atoms with Gasteiger partial charge in [-0.05, 0) is 43.6 Å². The average molecular weight is 470 g/mol. The molecule has 2 aromatic rings. The van der Waals surface area contributed by atoms with Crippen molar-refractivity contribution in [2.24, 2.45) is 11.8 Å². The van der Waals surface area contributed by atoms with Crippen molar-refractivity contribution in [2.45, 2.75) is 84.2 Å². The van der Waals surface area contributed by atoms with Crippen molar-refractivity contribution in [1.82, 2.24) is 15.2 Å². The Morgan fingerprint density at radius 2 is 2.03 bits per heavy atom. The number of amides is 2. The minimum Gasteiger partial charge on any atom is -0.346 e. The van der Waals surface area contributed by atoms with Crippen molar-refractivity contribution < 1.29 is 9.59 Å². The number of benzene rings is 1. The summed E-state index contributed by atoms with van der Waals surface area (Å²) in [6.07, 6.45) is 9.12. The van der Waals surface area contributed by atoms with Gasteiger partial charge in [0.15, 0.2) is 0 Å². The van der Waals surface area contributed by atoms with Crippen LogP contribution in [0.3, 0.4) is 0 Å². The highest BCUT2D eigenvalue weighted by molar-refractivity contribution is 7.09. The van der Waals surface area contributed by atoms with E-state index < -0.39 is 0 Å². The van der Waals surface area contributed by atoms with Gasteiger partial charge in [-0.25, -0.2) is 4.98 Å². The summed E-state index contributed by atoms with van der Waals surface area (Å²) in [7, 11) is 0. The third-order valence-corrected chi connectivity index (χ3v) is 7.79. The molecule has 4 atom stereocenters. The minimum atomic E-state index is -0.151. The first kappa shape index (κ1) is 25.4. The van der Waals surface area contributed by atoms with Crippen molar-refractivity contribution >= 4 is 23.2 Å². The highest BCUT2D eigenvalue weighted by Gasteiger charge is 2.31. The highest BCUT2D eigenvalue weighted by atomic mass is 32.1. The number of rotatable bonds is 12. The second-order valence-electron chi connectivity index (χ2n) is 9.55. The Morgan fingerprint density at radius 3 is 2.73 bits per heavy atom. The molecule has 1 aromatic carbocycles. The number of carbonyl (C=O) groups is 2. The van der Waals surface area contributed by atoms with Crippen LogP contribution in [-0.2, 0) is 16.0 Å². The molecule has 4 unspecified atom stereocenters. The molecule has 0 bridgehead atoms. The zero-order valence-electron chi connectivity index (χ0n) is 20.3. The van der Waals surface area contributed by atoms with Gasteiger partial charge in [-0.15, -0.1) is 11.3 Å². The van der Waals surface area contributed by atoms with Crippen LogP contribution < -0.4 is 5.32 Å². The summed E-state index contributed by atoms with van der Waals surface area (Å²) in [6.45, 7) is 7.27. The van der Waals surface area contributed by atoms with Crippen LogP contribution in [0.5, 0.6) is 0 Å². The molecule has 0 saturated carbocycles. The maximum atomic E-state index is 13.1. The molecule has 1 saturated heterocycles. The largest absolute Gasteiger partial charge is 0.346 e. The predicted octanol–water partition coefficient (Wildman–Crippen LogP) is 5.78. The second kappa shape index (κ2) is 12.9. The minimum absolute atomic E-state index is 0.0437. The lowest BCUT2D eigenvalue weighted by molar-refractivity contribution is -0.133. The maximum Gasteiger partial charge on any atom is 0.223 e. The molecule has 1 fully saturated rings. The van der Waals surface area contributed by atoms with Gasteiger partial charge in [0.1, 0.15) is 5.01 Å². The van der Waals surface area contributed by atoms with Gasteiger partial charge in [0.05, 0.1) is 6.04 Å². The molecule has 0 spiro atoms. The normalized spacial score (nSPS) is 18.6. The van der Waals surface area contributed by atoms with E-state index in [9.17, 15) is 9.59 Å². The molecule has 2 heterocycles. The third-order valence-electron chi connectivity index (χ3n) is 6.90. The summed E-state index contributed by atoms with van der Waals surface area (Å²) in [5, 5.41) is 6.12. The predicted molar refractivity (Wildman–Crippen MR) is 135 cm³/mol. The fraction of sp³-hybridized carbons (Fsp3) is 0.593. The Bertz CT molecular complexity index is 856. The molecule has 180 valence electrons.